The highest BCUT2D eigenvalue weighted by Gasteiger charge is 2.20. The zero-order chi connectivity index (χ0) is 23.3. The minimum atomic E-state index is -3.93. The van der Waals surface area contributed by atoms with Gasteiger partial charge in [-0.3, -0.25) is 9.52 Å². The Morgan fingerprint density at radius 3 is 2.03 bits per heavy atom. The molecule has 3 aromatic carbocycles. The molecule has 0 aliphatic rings. The van der Waals surface area contributed by atoms with Gasteiger partial charge in [-0.15, -0.1) is 0 Å². The van der Waals surface area contributed by atoms with E-state index in [1.165, 1.54) is 57.7 Å². The van der Waals surface area contributed by atoms with Crippen LogP contribution >= 0.6 is 11.6 Å². The van der Waals surface area contributed by atoms with Gasteiger partial charge in [0.2, 0.25) is 5.75 Å². The van der Waals surface area contributed by atoms with E-state index in [1.807, 2.05) is 0 Å². The first-order valence-electron chi connectivity index (χ1n) is 9.28. The second-order valence-electron chi connectivity index (χ2n) is 6.47. The maximum atomic E-state index is 13.0. The fourth-order valence-corrected chi connectivity index (χ4v) is 4.14. The largest absolute Gasteiger partial charge is 0.493 e. The van der Waals surface area contributed by atoms with Gasteiger partial charge < -0.3 is 19.5 Å². The van der Waals surface area contributed by atoms with Crippen molar-refractivity contribution in [3.8, 4) is 17.2 Å². The molecule has 10 heteroatoms. The molecule has 0 spiro atoms. The number of ether oxygens (including phenoxy) is 3. The quantitative estimate of drug-likeness (QED) is 0.499. The van der Waals surface area contributed by atoms with Crippen molar-refractivity contribution in [3.05, 3.63) is 71.2 Å². The standard InChI is InChI=1S/C22H21ClN2O6S/c1-29-19-12-15(13-20(30-2)21(19)31-3)24-22(26)17-6-4-5-7-18(17)25-32(27,28)16-10-8-14(23)9-11-16/h4-13,25H,1-3H3,(H,24,26). The number of carbonyl (C=O) groups excluding carboxylic acids is 1. The van der Waals surface area contributed by atoms with Crippen molar-refractivity contribution in [2.75, 3.05) is 31.4 Å². The molecule has 0 saturated carbocycles. The van der Waals surface area contributed by atoms with Gasteiger partial charge in [0.25, 0.3) is 15.9 Å². The number of carbonyl (C=O) groups is 1. The third kappa shape index (κ3) is 5.06. The fourth-order valence-electron chi connectivity index (χ4n) is 2.94. The predicted molar refractivity (Wildman–Crippen MR) is 123 cm³/mol. The van der Waals surface area contributed by atoms with Crippen LogP contribution in [0.5, 0.6) is 17.2 Å². The van der Waals surface area contributed by atoms with Crippen molar-refractivity contribution in [2.45, 2.75) is 4.90 Å². The van der Waals surface area contributed by atoms with Gasteiger partial charge in [-0.1, -0.05) is 23.7 Å². The highest BCUT2D eigenvalue weighted by atomic mass is 35.5. The molecule has 0 aliphatic heterocycles. The number of hydrogen-bond acceptors (Lipinski definition) is 6. The Balaban J connectivity index is 1.90. The van der Waals surface area contributed by atoms with Crippen LogP contribution in [0.2, 0.25) is 5.02 Å². The minimum Gasteiger partial charge on any atom is -0.493 e. The number of amides is 1. The molecule has 3 rings (SSSR count). The lowest BCUT2D eigenvalue weighted by atomic mass is 10.1. The van der Waals surface area contributed by atoms with Crippen LogP contribution in [-0.4, -0.2) is 35.7 Å². The highest BCUT2D eigenvalue weighted by molar-refractivity contribution is 7.92. The van der Waals surface area contributed by atoms with E-state index < -0.39 is 15.9 Å². The summed E-state index contributed by atoms with van der Waals surface area (Å²) in [6, 6.07) is 15.1. The van der Waals surface area contributed by atoms with Gasteiger partial charge in [-0.25, -0.2) is 8.42 Å². The molecule has 0 saturated heterocycles. The first-order chi connectivity index (χ1) is 15.3. The normalized spacial score (nSPS) is 10.9. The summed E-state index contributed by atoms with van der Waals surface area (Å²) in [5.41, 5.74) is 0.617. The first kappa shape index (κ1) is 23.2. The lowest BCUT2D eigenvalue weighted by molar-refractivity contribution is 0.102. The average molecular weight is 477 g/mol. The van der Waals surface area contributed by atoms with Crippen LogP contribution in [0, 0.1) is 0 Å². The van der Waals surface area contributed by atoms with Crippen molar-refractivity contribution in [1.29, 1.82) is 0 Å². The monoisotopic (exact) mass is 476 g/mol. The van der Waals surface area contributed by atoms with Gasteiger partial charge >= 0.3 is 0 Å². The molecule has 1 amide bonds. The Morgan fingerprint density at radius 2 is 1.47 bits per heavy atom. The van der Waals surface area contributed by atoms with E-state index >= 15 is 0 Å². The molecule has 3 aromatic rings. The molecule has 0 fully saturated rings. The molecule has 0 heterocycles. The van der Waals surface area contributed by atoms with E-state index in [2.05, 4.69) is 10.0 Å². The maximum Gasteiger partial charge on any atom is 0.261 e. The van der Waals surface area contributed by atoms with Crippen molar-refractivity contribution >= 4 is 38.9 Å². The van der Waals surface area contributed by atoms with Gasteiger partial charge in [-0.2, -0.15) is 0 Å². The summed E-state index contributed by atoms with van der Waals surface area (Å²) < 4.78 is 43.8. The molecule has 32 heavy (non-hydrogen) atoms. The Labute approximate surface area is 191 Å². The molecule has 168 valence electrons. The molecular formula is C22H21ClN2O6S. The molecule has 0 aromatic heterocycles. The van der Waals surface area contributed by atoms with Crippen LogP contribution in [0.1, 0.15) is 10.4 Å². The maximum absolute atomic E-state index is 13.0. The summed E-state index contributed by atoms with van der Waals surface area (Å²) in [6.07, 6.45) is 0. The number of sulfonamides is 1. The average Bonchev–Trinajstić information content (AvgIpc) is 2.78. The Morgan fingerprint density at radius 1 is 0.875 bits per heavy atom. The SMILES string of the molecule is COc1cc(NC(=O)c2ccccc2NS(=O)(=O)c2ccc(Cl)cc2)cc(OC)c1OC. The van der Waals surface area contributed by atoms with E-state index in [9.17, 15) is 13.2 Å². The van der Waals surface area contributed by atoms with Gasteiger partial charge in [0, 0.05) is 22.8 Å². The van der Waals surface area contributed by atoms with Crippen molar-refractivity contribution in [1.82, 2.24) is 0 Å². The van der Waals surface area contributed by atoms with Crippen LogP contribution in [0.15, 0.2) is 65.6 Å². The molecule has 0 atom stereocenters. The predicted octanol–water partition coefficient (Wildman–Crippen LogP) is 4.42. The summed E-state index contributed by atoms with van der Waals surface area (Å²) in [5.74, 6) is 0.565. The summed E-state index contributed by atoms with van der Waals surface area (Å²) in [6.45, 7) is 0. The zero-order valence-corrected chi connectivity index (χ0v) is 19.1. The smallest absolute Gasteiger partial charge is 0.261 e. The number of benzene rings is 3. The van der Waals surface area contributed by atoms with Crippen LogP contribution in [-0.2, 0) is 10.0 Å². The van der Waals surface area contributed by atoms with E-state index in [1.54, 1.807) is 24.3 Å². The Kier molecular flexibility index (Phi) is 7.12. The van der Waals surface area contributed by atoms with Gasteiger partial charge in [-0.05, 0) is 36.4 Å². The Bertz CT molecular complexity index is 1200. The number of hydrogen-bond donors (Lipinski definition) is 2. The Hall–Kier alpha value is -3.43. The fraction of sp³-hybridized carbons (Fsp3) is 0.136. The van der Waals surface area contributed by atoms with Gasteiger partial charge in [0.1, 0.15) is 0 Å². The van der Waals surface area contributed by atoms with Crippen LogP contribution in [0.25, 0.3) is 0 Å². The zero-order valence-electron chi connectivity index (χ0n) is 17.5. The van der Waals surface area contributed by atoms with Gasteiger partial charge in [0.15, 0.2) is 11.5 Å². The van der Waals surface area contributed by atoms with Crippen LogP contribution < -0.4 is 24.2 Å². The molecule has 2 N–H and O–H groups in total. The van der Waals surface area contributed by atoms with Crippen molar-refractivity contribution in [2.24, 2.45) is 0 Å². The van der Waals surface area contributed by atoms with Crippen molar-refractivity contribution in [3.63, 3.8) is 0 Å². The molecule has 8 nitrogen and oxygen atoms in total. The molecule has 0 bridgehead atoms. The summed E-state index contributed by atoms with van der Waals surface area (Å²) in [4.78, 5) is 13.0. The van der Waals surface area contributed by atoms with Gasteiger partial charge in [0.05, 0.1) is 37.5 Å². The number of anilines is 2. The topological polar surface area (TPSA) is 103 Å². The molecule has 0 unspecified atom stereocenters. The molecular weight excluding hydrogens is 456 g/mol. The summed E-state index contributed by atoms with van der Waals surface area (Å²) in [5, 5.41) is 3.14. The van der Waals surface area contributed by atoms with E-state index in [4.69, 9.17) is 25.8 Å². The van der Waals surface area contributed by atoms with E-state index in [0.717, 1.165) is 0 Å². The summed E-state index contributed by atoms with van der Waals surface area (Å²) >= 11 is 5.83. The molecule has 0 aliphatic carbocycles. The lowest BCUT2D eigenvalue weighted by Gasteiger charge is -2.16. The molecule has 0 radical (unpaired) electrons. The summed E-state index contributed by atoms with van der Waals surface area (Å²) in [7, 11) is 0.463. The van der Waals surface area contributed by atoms with E-state index in [0.29, 0.717) is 28.0 Å². The third-order valence-electron chi connectivity index (χ3n) is 4.46. The number of para-hydroxylation sites is 1. The van der Waals surface area contributed by atoms with Crippen LogP contribution in [0.3, 0.4) is 0 Å². The second kappa shape index (κ2) is 9.80. The van der Waals surface area contributed by atoms with Crippen molar-refractivity contribution < 1.29 is 27.4 Å². The number of nitrogens with one attached hydrogen (secondary N) is 2. The number of halogens is 1. The lowest BCUT2D eigenvalue weighted by Crippen LogP contribution is -2.18. The third-order valence-corrected chi connectivity index (χ3v) is 6.10. The second-order valence-corrected chi connectivity index (χ2v) is 8.59. The van der Waals surface area contributed by atoms with E-state index in [-0.39, 0.29) is 16.1 Å². The first-order valence-corrected chi connectivity index (χ1v) is 11.1. The number of methoxy groups -OCH3 is 3. The minimum absolute atomic E-state index is 0.0155. The highest BCUT2D eigenvalue weighted by Crippen LogP contribution is 2.40. The van der Waals surface area contributed by atoms with Crippen LogP contribution in [0.4, 0.5) is 11.4 Å². The number of rotatable bonds is 8.